The molecule has 0 rings (SSSR count). The third-order valence-corrected chi connectivity index (χ3v) is 4.38. The van der Waals surface area contributed by atoms with Crippen LogP contribution in [-0.2, 0) is 9.59 Å². The van der Waals surface area contributed by atoms with E-state index in [1.54, 1.807) is 6.92 Å². The predicted molar refractivity (Wildman–Crippen MR) is 91.6 cm³/mol. The fourth-order valence-electron chi connectivity index (χ4n) is 2.70. The van der Waals surface area contributed by atoms with Gasteiger partial charge < -0.3 is 10.2 Å². The summed E-state index contributed by atoms with van der Waals surface area (Å²) < 4.78 is 0. The molecule has 0 fully saturated rings. The zero-order chi connectivity index (χ0) is 16.1. The average Bonchev–Trinajstić information content (AvgIpc) is 2.44. The average molecular weight is 324 g/mol. The monoisotopic (exact) mass is 324 g/mol. The molecule has 0 aliphatic carbocycles. The van der Waals surface area contributed by atoms with E-state index >= 15 is 0 Å². The second-order valence-corrected chi connectivity index (χ2v) is 5.98. The van der Waals surface area contributed by atoms with E-state index in [0.29, 0.717) is 6.42 Å². The van der Waals surface area contributed by atoms with Gasteiger partial charge in [0.2, 0.25) is 0 Å². The van der Waals surface area contributed by atoms with Gasteiger partial charge >= 0.3 is 41.5 Å². The van der Waals surface area contributed by atoms with Crippen molar-refractivity contribution < 1.29 is 19.8 Å². The Labute approximate surface area is 157 Å². The Bertz CT molecular complexity index is 291. The van der Waals surface area contributed by atoms with Crippen LogP contribution >= 0.6 is 0 Å². The van der Waals surface area contributed by atoms with Crippen molar-refractivity contribution in [1.29, 1.82) is 0 Å². The van der Waals surface area contributed by atoms with Gasteiger partial charge in [0, 0.05) is 0 Å². The molecule has 0 saturated heterocycles. The van der Waals surface area contributed by atoms with Gasteiger partial charge in [-0.2, -0.15) is 0 Å². The molecule has 22 heavy (non-hydrogen) atoms. The van der Waals surface area contributed by atoms with Crippen molar-refractivity contribution >= 4 is 41.5 Å². The Kier molecular flexibility index (Phi) is 16.0. The van der Waals surface area contributed by atoms with Crippen LogP contribution in [0.25, 0.3) is 0 Å². The van der Waals surface area contributed by atoms with Crippen molar-refractivity contribution in [3.63, 3.8) is 0 Å². The van der Waals surface area contributed by atoms with Gasteiger partial charge in [0.25, 0.3) is 0 Å². The third-order valence-electron chi connectivity index (χ3n) is 4.38. The van der Waals surface area contributed by atoms with Gasteiger partial charge in [-0.1, -0.05) is 78.1 Å². The van der Waals surface area contributed by atoms with Crippen LogP contribution in [0.3, 0.4) is 0 Å². The molecule has 4 nitrogen and oxygen atoms in total. The zero-order valence-corrected chi connectivity index (χ0v) is 13.7. The number of carboxylic acid groups (broad SMARTS) is 2. The summed E-state index contributed by atoms with van der Waals surface area (Å²) in [6.45, 7) is 3.85. The van der Waals surface area contributed by atoms with Crippen molar-refractivity contribution in [3.05, 3.63) is 0 Å². The number of carboxylic acids is 2. The summed E-state index contributed by atoms with van der Waals surface area (Å²) in [4.78, 5) is 22.4. The molecule has 0 bridgehead atoms. The summed E-state index contributed by atoms with van der Waals surface area (Å²) in [5.74, 6) is -2.40. The summed E-state index contributed by atoms with van der Waals surface area (Å²) in [5, 5.41) is 18.3. The summed E-state index contributed by atoms with van der Waals surface area (Å²) in [6.07, 6.45) is 12.0. The zero-order valence-electron chi connectivity index (χ0n) is 13.7. The van der Waals surface area contributed by atoms with Crippen molar-refractivity contribution in [1.82, 2.24) is 0 Å². The van der Waals surface area contributed by atoms with Gasteiger partial charge in [-0.25, -0.2) is 0 Å². The number of aliphatic carboxylic acids is 2. The van der Waals surface area contributed by atoms with Crippen LogP contribution in [0.15, 0.2) is 0 Å². The molecule has 0 amide bonds. The van der Waals surface area contributed by atoms with Crippen LogP contribution in [0.1, 0.15) is 90.9 Å². The fraction of sp³-hybridized carbons (Fsp3) is 0.882. The molecular weight excluding hydrogens is 291 g/mol. The number of unbranched alkanes of at least 4 members (excludes halogenated alkanes) is 9. The molecule has 0 heterocycles. The Morgan fingerprint density at radius 2 is 1.09 bits per heavy atom. The van der Waals surface area contributed by atoms with Crippen LogP contribution in [0.2, 0.25) is 0 Å². The summed E-state index contributed by atoms with van der Waals surface area (Å²) in [5.41, 5.74) is -1.58. The Morgan fingerprint density at radius 3 is 1.41 bits per heavy atom. The van der Waals surface area contributed by atoms with Crippen molar-refractivity contribution in [3.8, 4) is 0 Å². The number of hydrogen-bond donors (Lipinski definition) is 2. The maximum absolute atomic E-state index is 11.2. The van der Waals surface area contributed by atoms with Gasteiger partial charge in [0.05, 0.1) is 0 Å². The molecule has 0 atom stereocenters. The van der Waals surface area contributed by atoms with Crippen molar-refractivity contribution in [2.45, 2.75) is 90.9 Å². The van der Waals surface area contributed by atoms with E-state index < -0.39 is 17.4 Å². The summed E-state index contributed by atoms with van der Waals surface area (Å²) in [6, 6.07) is 0. The summed E-state index contributed by atoms with van der Waals surface area (Å²) in [7, 11) is 0. The molecule has 2 N–H and O–H groups in total. The SMILES string of the molecule is CCCCCCCCCCCCC(CC)(C(=O)O)C(=O)O.[NaH]. The van der Waals surface area contributed by atoms with E-state index in [1.165, 1.54) is 44.9 Å². The molecule has 0 saturated carbocycles. The topological polar surface area (TPSA) is 74.6 Å². The number of hydrogen-bond acceptors (Lipinski definition) is 2. The van der Waals surface area contributed by atoms with E-state index in [0.717, 1.165) is 12.8 Å². The first-order valence-electron chi connectivity index (χ1n) is 8.48. The molecule has 126 valence electrons. The second kappa shape index (κ2) is 14.5. The molecule has 0 aromatic rings. The molecular formula is C17H33NaO4. The van der Waals surface area contributed by atoms with Crippen LogP contribution < -0.4 is 0 Å². The van der Waals surface area contributed by atoms with Crippen LogP contribution in [0.5, 0.6) is 0 Å². The molecule has 0 aliphatic rings. The third kappa shape index (κ3) is 9.16. The Hall–Kier alpha value is -0.0600. The van der Waals surface area contributed by atoms with Crippen LogP contribution in [0, 0.1) is 5.41 Å². The second-order valence-electron chi connectivity index (χ2n) is 5.98. The molecule has 5 heteroatoms. The van der Waals surface area contributed by atoms with Gasteiger partial charge in [0.1, 0.15) is 0 Å². The first kappa shape index (κ1) is 24.2. The molecule has 0 aromatic heterocycles. The van der Waals surface area contributed by atoms with E-state index in [-0.39, 0.29) is 42.4 Å². The molecule has 0 radical (unpaired) electrons. The quantitative estimate of drug-likeness (QED) is 0.285. The molecule has 0 aliphatic heterocycles. The van der Waals surface area contributed by atoms with Gasteiger partial charge in [-0.05, 0) is 12.8 Å². The predicted octanol–water partition coefficient (Wildman–Crippen LogP) is 4.21. The Morgan fingerprint density at radius 1 is 0.727 bits per heavy atom. The van der Waals surface area contributed by atoms with Gasteiger partial charge in [0.15, 0.2) is 5.41 Å². The molecule has 0 spiro atoms. The fourth-order valence-corrected chi connectivity index (χ4v) is 2.70. The molecule has 0 unspecified atom stereocenters. The van der Waals surface area contributed by atoms with Crippen molar-refractivity contribution in [2.24, 2.45) is 5.41 Å². The first-order chi connectivity index (χ1) is 10.0. The van der Waals surface area contributed by atoms with Gasteiger partial charge in [-0.3, -0.25) is 9.59 Å². The number of carbonyl (C=O) groups is 2. The van der Waals surface area contributed by atoms with E-state index in [2.05, 4.69) is 6.92 Å². The van der Waals surface area contributed by atoms with E-state index in [1.807, 2.05) is 0 Å². The summed E-state index contributed by atoms with van der Waals surface area (Å²) >= 11 is 0. The first-order valence-corrected chi connectivity index (χ1v) is 8.48. The van der Waals surface area contributed by atoms with E-state index in [4.69, 9.17) is 10.2 Å². The minimum atomic E-state index is -1.58. The molecule has 0 aromatic carbocycles. The van der Waals surface area contributed by atoms with E-state index in [9.17, 15) is 9.59 Å². The van der Waals surface area contributed by atoms with Crippen LogP contribution in [-0.4, -0.2) is 51.7 Å². The van der Waals surface area contributed by atoms with Gasteiger partial charge in [-0.15, -0.1) is 0 Å². The number of rotatable bonds is 14. The van der Waals surface area contributed by atoms with Crippen LogP contribution in [0.4, 0.5) is 0 Å². The maximum atomic E-state index is 11.2. The minimum absolute atomic E-state index is 0. The van der Waals surface area contributed by atoms with Crippen molar-refractivity contribution in [2.75, 3.05) is 0 Å². The Balaban J connectivity index is 0. The normalized spacial score (nSPS) is 11.0. The standard InChI is InChI=1S/C17H32O4.Na.H/c1-3-5-6-7-8-9-10-11-12-13-14-17(4-2,15(18)19)16(20)21;;/h3-14H2,1-2H3,(H,18,19)(H,20,21);;.